The summed E-state index contributed by atoms with van der Waals surface area (Å²) >= 11 is 0. The number of aliphatic hydroxyl groups excluding tert-OH is 1. The predicted molar refractivity (Wildman–Crippen MR) is 61.5 cm³/mol. The van der Waals surface area contributed by atoms with E-state index < -0.39 is 6.10 Å². The van der Waals surface area contributed by atoms with Gasteiger partial charge in [-0.15, -0.1) is 0 Å². The first-order valence-corrected chi connectivity index (χ1v) is 6.22. The number of nitrogens with zero attached hydrogens (tertiary/aromatic N) is 4. The molecule has 1 saturated carbocycles. The van der Waals surface area contributed by atoms with Gasteiger partial charge < -0.3 is 9.63 Å². The minimum atomic E-state index is -0.393. The van der Waals surface area contributed by atoms with Crippen molar-refractivity contribution in [1.82, 2.24) is 25.3 Å². The Labute approximate surface area is 104 Å². The van der Waals surface area contributed by atoms with Crippen LogP contribution in [0.5, 0.6) is 0 Å². The van der Waals surface area contributed by atoms with Crippen LogP contribution < -0.4 is 0 Å². The number of aliphatic hydroxyl groups is 1. The van der Waals surface area contributed by atoms with Gasteiger partial charge in [0.1, 0.15) is 6.33 Å². The number of H-pyrrole nitrogens is 1. The first kappa shape index (κ1) is 11.3. The molecular formula is C11H15N5O2. The highest BCUT2D eigenvalue weighted by molar-refractivity contribution is 5.39. The van der Waals surface area contributed by atoms with E-state index in [1.807, 2.05) is 0 Å². The Balaban J connectivity index is 1.83. The maximum Gasteiger partial charge on any atom is 0.239 e. The van der Waals surface area contributed by atoms with Crippen LogP contribution in [-0.2, 0) is 0 Å². The van der Waals surface area contributed by atoms with Crippen molar-refractivity contribution in [2.45, 2.75) is 44.1 Å². The molecule has 0 saturated heterocycles. The fourth-order valence-electron chi connectivity index (χ4n) is 2.37. The molecule has 2 aromatic heterocycles. The molecule has 1 aliphatic carbocycles. The van der Waals surface area contributed by atoms with Crippen molar-refractivity contribution in [2.75, 3.05) is 0 Å². The van der Waals surface area contributed by atoms with Crippen LogP contribution >= 0.6 is 0 Å². The summed E-state index contributed by atoms with van der Waals surface area (Å²) in [4.78, 5) is 8.27. The lowest BCUT2D eigenvalue weighted by atomic mass is 9.97. The third-order valence-corrected chi connectivity index (χ3v) is 3.37. The van der Waals surface area contributed by atoms with Crippen LogP contribution in [0.25, 0.3) is 11.6 Å². The maximum absolute atomic E-state index is 10.1. The highest BCUT2D eigenvalue weighted by atomic mass is 16.5. The smallest absolute Gasteiger partial charge is 0.239 e. The van der Waals surface area contributed by atoms with Crippen LogP contribution in [-0.4, -0.2) is 36.5 Å². The molecule has 0 aromatic carbocycles. The Morgan fingerprint density at radius 3 is 3.00 bits per heavy atom. The highest BCUT2D eigenvalue weighted by Gasteiger charge is 2.28. The molecule has 0 amide bonds. The first-order chi connectivity index (χ1) is 8.84. The molecule has 2 atom stereocenters. The second kappa shape index (κ2) is 4.85. The number of nitrogens with one attached hydrogen (secondary N) is 1. The zero-order valence-corrected chi connectivity index (χ0v) is 9.91. The summed E-state index contributed by atoms with van der Waals surface area (Å²) in [5, 5.41) is 20.4. The lowest BCUT2D eigenvalue weighted by Crippen LogP contribution is -2.17. The molecule has 0 spiro atoms. The Hall–Kier alpha value is -1.76. The van der Waals surface area contributed by atoms with Gasteiger partial charge in [-0.2, -0.15) is 10.1 Å². The number of aromatic nitrogens is 5. The van der Waals surface area contributed by atoms with Crippen molar-refractivity contribution >= 4 is 0 Å². The van der Waals surface area contributed by atoms with Crippen molar-refractivity contribution in [3.63, 3.8) is 0 Å². The average molecular weight is 249 g/mol. The third-order valence-electron chi connectivity index (χ3n) is 3.37. The molecule has 2 unspecified atom stereocenters. The zero-order valence-electron chi connectivity index (χ0n) is 9.91. The third kappa shape index (κ3) is 2.13. The van der Waals surface area contributed by atoms with E-state index in [-0.39, 0.29) is 5.92 Å². The molecule has 0 aliphatic heterocycles. The minimum absolute atomic E-state index is 0.0586. The topological polar surface area (TPSA) is 101 Å². The number of hydrogen-bond donors (Lipinski definition) is 2. The normalized spacial score (nSPS) is 24.9. The summed E-state index contributed by atoms with van der Waals surface area (Å²) in [6.07, 6.45) is 5.98. The largest absolute Gasteiger partial charge is 0.392 e. The van der Waals surface area contributed by atoms with E-state index in [2.05, 4.69) is 25.3 Å². The summed E-state index contributed by atoms with van der Waals surface area (Å²) in [6.45, 7) is 0. The van der Waals surface area contributed by atoms with Gasteiger partial charge in [-0.3, -0.25) is 5.10 Å². The van der Waals surface area contributed by atoms with E-state index in [0.29, 0.717) is 17.5 Å². The Bertz CT molecular complexity index is 495. The minimum Gasteiger partial charge on any atom is -0.392 e. The van der Waals surface area contributed by atoms with Gasteiger partial charge in [0.05, 0.1) is 12.0 Å². The molecule has 7 heteroatoms. The van der Waals surface area contributed by atoms with Crippen molar-refractivity contribution in [2.24, 2.45) is 0 Å². The van der Waals surface area contributed by atoms with E-state index >= 15 is 0 Å². The summed E-state index contributed by atoms with van der Waals surface area (Å²) in [5.74, 6) is 1.31. The fourth-order valence-corrected chi connectivity index (χ4v) is 2.37. The Morgan fingerprint density at radius 2 is 2.17 bits per heavy atom. The van der Waals surface area contributed by atoms with Crippen molar-refractivity contribution < 1.29 is 9.63 Å². The number of rotatable bonds is 2. The van der Waals surface area contributed by atoms with Crippen LogP contribution in [0.1, 0.15) is 43.9 Å². The van der Waals surface area contributed by atoms with E-state index in [1.165, 1.54) is 6.33 Å². The molecule has 18 heavy (non-hydrogen) atoms. The van der Waals surface area contributed by atoms with Gasteiger partial charge in [-0.05, 0) is 12.8 Å². The summed E-state index contributed by atoms with van der Waals surface area (Å²) in [6, 6.07) is 0. The summed E-state index contributed by atoms with van der Waals surface area (Å²) < 4.78 is 5.24. The second-order valence-electron chi connectivity index (χ2n) is 4.60. The van der Waals surface area contributed by atoms with Crippen molar-refractivity contribution in [3.8, 4) is 11.6 Å². The highest BCUT2D eigenvalue weighted by Crippen LogP contribution is 2.31. The van der Waals surface area contributed by atoms with Gasteiger partial charge in [0, 0.05) is 0 Å². The van der Waals surface area contributed by atoms with Crippen LogP contribution in [0.4, 0.5) is 0 Å². The van der Waals surface area contributed by atoms with Gasteiger partial charge in [0.15, 0.2) is 5.82 Å². The molecular weight excluding hydrogens is 234 g/mol. The van der Waals surface area contributed by atoms with Crippen LogP contribution in [0.3, 0.4) is 0 Å². The van der Waals surface area contributed by atoms with E-state index in [1.54, 1.807) is 0 Å². The SMILES string of the molecule is OC1CCCCCC1c1nc(-c2ncn[nH]2)no1. The molecule has 1 fully saturated rings. The molecule has 0 bridgehead atoms. The monoisotopic (exact) mass is 249 g/mol. The lowest BCUT2D eigenvalue weighted by molar-refractivity contribution is 0.119. The molecule has 2 aromatic rings. The van der Waals surface area contributed by atoms with Gasteiger partial charge >= 0.3 is 0 Å². The number of hydrogen-bond acceptors (Lipinski definition) is 6. The van der Waals surface area contributed by atoms with E-state index in [4.69, 9.17) is 4.52 Å². The predicted octanol–water partition coefficient (Wildman–Crippen LogP) is 1.26. The summed E-state index contributed by atoms with van der Waals surface area (Å²) in [7, 11) is 0. The van der Waals surface area contributed by atoms with Crippen LogP contribution in [0.2, 0.25) is 0 Å². The molecule has 2 heterocycles. The van der Waals surface area contributed by atoms with E-state index in [9.17, 15) is 5.11 Å². The first-order valence-electron chi connectivity index (χ1n) is 6.22. The molecule has 3 rings (SSSR count). The van der Waals surface area contributed by atoms with E-state index in [0.717, 1.165) is 32.1 Å². The Morgan fingerprint density at radius 1 is 1.28 bits per heavy atom. The van der Waals surface area contributed by atoms with Crippen molar-refractivity contribution in [3.05, 3.63) is 12.2 Å². The average Bonchev–Trinajstić information content (AvgIpc) is 3.00. The molecule has 1 aliphatic rings. The fraction of sp³-hybridized carbons (Fsp3) is 0.636. The maximum atomic E-state index is 10.1. The molecule has 96 valence electrons. The quantitative estimate of drug-likeness (QED) is 0.777. The molecule has 7 nitrogen and oxygen atoms in total. The second-order valence-corrected chi connectivity index (χ2v) is 4.60. The molecule has 2 N–H and O–H groups in total. The molecule has 0 radical (unpaired) electrons. The standard InChI is InChI=1S/C11H15N5O2/c17-8-5-3-1-2-4-7(8)11-14-10(16-18-11)9-12-6-13-15-9/h6-8,17H,1-5H2,(H,12,13,15). The van der Waals surface area contributed by atoms with Gasteiger partial charge in [-0.25, -0.2) is 4.98 Å². The van der Waals surface area contributed by atoms with Gasteiger partial charge in [0.25, 0.3) is 0 Å². The van der Waals surface area contributed by atoms with Gasteiger partial charge in [0.2, 0.25) is 11.7 Å². The number of aromatic amines is 1. The van der Waals surface area contributed by atoms with Crippen molar-refractivity contribution in [1.29, 1.82) is 0 Å². The Kier molecular flexibility index (Phi) is 3.06. The van der Waals surface area contributed by atoms with Gasteiger partial charge in [-0.1, -0.05) is 24.4 Å². The summed E-state index contributed by atoms with van der Waals surface area (Å²) in [5.41, 5.74) is 0. The lowest BCUT2D eigenvalue weighted by Gasteiger charge is -2.15. The van der Waals surface area contributed by atoms with Crippen LogP contribution in [0.15, 0.2) is 10.9 Å². The van der Waals surface area contributed by atoms with Crippen LogP contribution in [0, 0.1) is 0 Å². The zero-order chi connectivity index (χ0) is 12.4.